The summed E-state index contributed by atoms with van der Waals surface area (Å²) in [5, 5.41) is 4.88. The molecule has 11 heteroatoms. The van der Waals surface area contributed by atoms with Crippen molar-refractivity contribution in [3.8, 4) is 5.75 Å². The van der Waals surface area contributed by atoms with Gasteiger partial charge in [-0.05, 0) is 73.5 Å². The molecule has 0 unspecified atom stereocenters. The molecule has 0 spiro atoms. The number of benzene rings is 3. The van der Waals surface area contributed by atoms with Gasteiger partial charge in [-0.15, -0.1) is 0 Å². The number of aryl methyl sites for hydroxylation is 2. The van der Waals surface area contributed by atoms with Crippen LogP contribution < -0.4 is 20.3 Å². The van der Waals surface area contributed by atoms with Crippen molar-refractivity contribution >= 4 is 64.4 Å². The summed E-state index contributed by atoms with van der Waals surface area (Å²) < 4.78 is 18.8. The smallest absolute Gasteiger partial charge is 0.335 e. The van der Waals surface area contributed by atoms with Crippen LogP contribution in [0.3, 0.4) is 0 Å². The van der Waals surface area contributed by atoms with Crippen LogP contribution in [0.5, 0.6) is 5.75 Å². The molecule has 0 saturated carbocycles. The van der Waals surface area contributed by atoms with Gasteiger partial charge in [0.05, 0.1) is 15.7 Å². The van der Waals surface area contributed by atoms with Gasteiger partial charge in [-0.25, -0.2) is 14.1 Å². The number of rotatable bonds is 6. The van der Waals surface area contributed by atoms with Crippen LogP contribution >= 0.6 is 23.2 Å². The molecular formula is C27H20Cl2FN3O5. The Bertz CT molecular complexity index is 1480. The molecular weight excluding hydrogens is 536 g/mol. The second kappa shape index (κ2) is 11.0. The second-order valence-electron chi connectivity index (χ2n) is 8.40. The van der Waals surface area contributed by atoms with E-state index in [1.807, 2.05) is 26.0 Å². The molecule has 0 bridgehead atoms. The number of anilines is 2. The predicted octanol–water partition coefficient (Wildman–Crippen LogP) is 5.43. The van der Waals surface area contributed by atoms with Gasteiger partial charge in [0, 0.05) is 5.69 Å². The molecule has 1 heterocycles. The quantitative estimate of drug-likeness (QED) is 0.311. The molecule has 5 amide bonds. The molecule has 0 aromatic heterocycles. The molecule has 1 aliphatic rings. The number of nitrogens with zero attached hydrogens (tertiary/aromatic N) is 1. The van der Waals surface area contributed by atoms with Crippen LogP contribution in [-0.4, -0.2) is 30.4 Å². The first-order valence-corrected chi connectivity index (χ1v) is 11.9. The van der Waals surface area contributed by atoms with Crippen molar-refractivity contribution in [1.29, 1.82) is 0 Å². The molecule has 3 aromatic rings. The second-order valence-corrected chi connectivity index (χ2v) is 9.22. The van der Waals surface area contributed by atoms with Crippen LogP contribution in [0.1, 0.15) is 16.7 Å². The highest BCUT2D eigenvalue weighted by atomic mass is 35.5. The Morgan fingerprint density at radius 2 is 1.68 bits per heavy atom. The summed E-state index contributed by atoms with van der Waals surface area (Å²) in [4.78, 5) is 50.8. The highest BCUT2D eigenvalue weighted by molar-refractivity contribution is 6.40. The average molecular weight is 556 g/mol. The number of hydrogen-bond acceptors (Lipinski definition) is 5. The van der Waals surface area contributed by atoms with Crippen molar-refractivity contribution in [2.24, 2.45) is 0 Å². The topological polar surface area (TPSA) is 105 Å². The zero-order valence-electron chi connectivity index (χ0n) is 20.1. The van der Waals surface area contributed by atoms with Crippen molar-refractivity contribution in [3.63, 3.8) is 0 Å². The first-order chi connectivity index (χ1) is 18.0. The van der Waals surface area contributed by atoms with E-state index in [0.717, 1.165) is 23.3 Å². The Balaban J connectivity index is 1.51. The van der Waals surface area contributed by atoms with Crippen LogP contribution in [0.15, 0.2) is 60.2 Å². The number of ether oxygens (including phenoxy) is 1. The zero-order valence-corrected chi connectivity index (χ0v) is 21.6. The van der Waals surface area contributed by atoms with Crippen LogP contribution in [0.25, 0.3) is 6.08 Å². The summed E-state index contributed by atoms with van der Waals surface area (Å²) in [5.74, 6) is -2.78. The Labute approximate surface area is 227 Å². The fraction of sp³-hybridized carbons (Fsp3) is 0.111. The van der Waals surface area contributed by atoms with Gasteiger partial charge in [0.1, 0.15) is 11.4 Å². The molecule has 0 aliphatic carbocycles. The maximum atomic E-state index is 13.3. The Hall–Kier alpha value is -4.21. The van der Waals surface area contributed by atoms with Gasteiger partial charge < -0.3 is 10.1 Å². The number of amides is 5. The van der Waals surface area contributed by atoms with Gasteiger partial charge in [0.15, 0.2) is 12.4 Å². The van der Waals surface area contributed by atoms with Crippen LogP contribution in [0.4, 0.5) is 20.6 Å². The number of hydrogen-bond donors (Lipinski definition) is 2. The van der Waals surface area contributed by atoms with Crippen molar-refractivity contribution < 1.29 is 28.3 Å². The van der Waals surface area contributed by atoms with Crippen molar-refractivity contribution in [2.75, 3.05) is 16.8 Å². The minimum Gasteiger partial charge on any atom is -0.481 e. The lowest BCUT2D eigenvalue weighted by molar-refractivity contribution is -0.122. The molecule has 8 nitrogen and oxygen atoms in total. The first-order valence-electron chi connectivity index (χ1n) is 11.2. The monoisotopic (exact) mass is 555 g/mol. The van der Waals surface area contributed by atoms with Gasteiger partial charge in [-0.3, -0.25) is 19.7 Å². The van der Waals surface area contributed by atoms with Crippen LogP contribution in [0, 0.1) is 19.7 Å². The molecule has 1 aliphatic heterocycles. The Morgan fingerprint density at radius 3 is 2.32 bits per heavy atom. The lowest BCUT2D eigenvalue weighted by atomic mass is 10.1. The fourth-order valence-corrected chi connectivity index (χ4v) is 4.34. The number of urea groups is 1. The molecule has 2 N–H and O–H groups in total. The summed E-state index contributed by atoms with van der Waals surface area (Å²) in [7, 11) is 0. The Morgan fingerprint density at radius 1 is 1.03 bits per heavy atom. The highest BCUT2D eigenvalue weighted by Gasteiger charge is 2.36. The standard InChI is InChI=1S/C27H20Cl2FN3O5/c1-14-3-8-22(15(2)9-14)31-23(34)13-38-24-20(28)11-16(12-21(24)29)10-19-25(35)32-27(37)33(26(19)36)18-6-4-17(30)5-7-18/h3-12H,13H2,1-2H3,(H,31,34)(H,32,35,37)/b19-10+. The summed E-state index contributed by atoms with van der Waals surface area (Å²) in [5.41, 5.74) is 2.57. The van der Waals surface area contributed by atoms with Gasteiger partial charge in [-0.1, -0.05) is 40.9 Å². The summed E-state index contributed by atoms with van der Waals surface area (Å²) in [6, 6.07) is 12.0. The minimum atomic E-state index is -0.970. The van der Waals surface area contributed by atoms with E-state index in [1.165, 1.54) is 30.3 Å². The summed E-state index contributed by atoms with van der Waals surface area (Å²) in [6.45, 7) is 3.45. The first kappa shape index (κ1) is 26.8. The molecule has 38 heavy (non-hydrogen) atoms. The van der Waals surface area contributed by atoms with E-state index >= 15 is 0 Å². The highest BCUT2D eigenvalue weighted by Crippen LogP contribution is 2.35. The van der Waals surface area contributed by atoms with Gasteiger partial charge in [0.25, 0.3) is 17.7 Å². The van der Waals surface area contributed by atoms with E-state index < -0.39 is 29.6 Å². The fourth-order valence-electron chi connectivity index (χ4n) is 3.73. The molecule has 0 atom stereocenters. The maximum Gasteiger partial charge on any atom is 0.335 e. The largest absolute Gasteiger partial charge is 0.481 e. The molecule has 194 valence electrons. The third-order valence-electron chi connectivity index (χ3n) is 5.52. The van der Waals surface area contributed by atoms with E-state index in [1.54, 1.807) is 6.07 Å². The van der Waals surface area contributed by atoms with Gasteiger partial charge in [-0.2, -0.15) is 0 Å². The number of carbonyl (C=O) groups is 4. The Kier molecular flexibility index (Phi) is 7.80. The normalized spacial score (nSPS) is 14.5. The predicted molar refractivity (Wildman–Crippen MR) is 142 cm³/mol. The van der Waals surface area contributed by atoms with Crippen molar-refractivity contribution in [2.45, 2.75) is 13.8 Å². The van der Waals surface area contributed by atoms with E-state index in [-0.39, 0.29) is 39.2 Å². The minimum absolute atomic E-state index is 0.0267. The number of barbiturate groups is 1. The SMILES string of the molecule is Cc1ccc(NC(=O)COc2c(Cl)cc(/C=C3\C(=O)NC(=O)N(c4ccc(F)cc4)C3=O)cc2Cl)c(C)c1. The number of imide groups is 2. The third kappa shape index (κ3) is 5.85. The lowest BCUT2D eigenvalue weighted by Crippen LogP contribution is -2.54. The third-order valence-corrected chi connectivity index (χ3v) is 6.08. The molecule has 3 aromatic carbocycles. The van der Waals surface area contributed by atoms with E-state index in [0.29, 0.717) is 10.6 Å². The van der Waals surface area contributed by atoms with Crippen LogP contribution in [-0.2, 0) is 14.4 Å². The maximum absolute atomic E-state index is 13.3. The van der Waals surface area contributed by atoms with E-state index in [2.05, 4.69) is 10.6 Å². The number of nitrogens with one attached hydrogen (secondary N) is 2. The van der Waals surface area contributed by atoms with Gasteiger partial charge in [0.2, 0.25) is 0 Å². The number of halogens is 3. The summed E-state index contributed by atoms with van der Waals surface area (Å²) >= 11 is 12.6. The lowest BCUT2D eigenvalue weighted by Gasteiger charge is -2.26. The molecule has 0 radical (unpaired) electrons. The van der Waals surface area contributed by atoms with Crippen LogP contribution in [0.2, 0.25) is 10.0 Å². The van der Waals surface area contributed by atoms with E-state index in [4.69, 9.17) is 27.9 Å². The zero-order chi connectivity index (χ0) is 27.6. The molecule has 1 saturated heterocycles. The summed E-state index contributed by atoms with van der Waals surface area (Å²) in [6.07, 6.45) is 1.20. The van der Waals surface area contributed by atoms with Crippen molar-refractivity contribution in [1.82, 2.24) is 5.32 Å². The molecule has 4 rings (SSSR count). The molecule has 1 fully saturated rings. The van der Waals surface area contributed by atoms with Crippen molar-refractivity contribution in [3.05, 3.63) is 92.7 Å². The van der Waals surface area contributed by atoms with Gasteiger partial charge >= 0.3 is 6.03 Å². The number of carbonyl (C=O) groups excluding carboxylic acids is 4. The van der Waals surface area contributed by atoms with E-state index in [9.17, 15) is 23.6 Å². The average Bonchev–Trinajstić information content (AvgIpc) is 2.84.